The summed E-state index contributed by atoms with van der Waals surface area (Å²) in [5, 5.41) is 0.225. The lowest BCUT2D eigenvalue weighted by Crippen LogP contribution is -2.12. The zero-order valence-corrected chi connectivity index (χ0v) is 13.6. The molecule has 1 aromatic heterocycles. The lowest BCUT2D eigenvalue weighted by molar-refractivity contribution is 0.485. The molecule has 0 atom stereocenters. The number of halogens is 1. The van der Waals surface area contributed by atoms with E-state index in [2.05, 4.69) is 25.8 Å². The molecule has 0 aliphatic rings. The van der Waals surface area contributed by atoms with Gasteiger partial charge in [-0.3, -0.25) is 0 Å². The van der Waals surface area contributed by atoms with Gasteiger partial charge >= 0.3 is 10.1 Å². The third-order valence-electron chi connectivity index (χ3n) is 2.92. The second-order valence-electron chi connectivity index (χ2n) is 5.63. The van der Waals surface area contributed by atoms with Crippen LogP contribution in [0.1, 0.15) is 26.3 Å². The third-order valence-corrected chi connectivity index (χ3v) is 4.37. The van der Waals surface area contributed by atoms with E-state index in [0.717, 1.165) is 5.56 Å². The molecule has 1 heterocycles. The van der Waals surface area contributed by atoms with Gasteiger partial charge in [0.1, 0.15) is 15.8 Å². The second-order valence-corrected chi connectivity index (χ2v) is 7.56. The smallest absolute Gasteiger partial charge is 0.340 e. The number of hydrogen-bond acceptors (Lipinski definition) is 4. The number of pyridine rings is 1. The molecular formula is C15H16ClNO3S. The van der Waals surface area contributed by atoms with Crippen LogP contribution in [0, 0.1) is 0 Å². The molecule has 0 bridgehead atoms. The summed E-state index contributed by atoms with van der Waals surface area (Å²) in [6.45, 7) is 6.25. The van der Waals surface area contributed by atoms with E-state index in [4.69, 9.17) is 15.8 Å². The normalized spacial score (nSPS) is 12.2. The molecule has 2 aromatic rings. The summed E-state index contributed by atoms with van der Waals surface area (Å²) in [5.74, 6) is 0.262. The van der Waals surface area contributed by atoms with E-state index in [1.54, 1.807) is 12.1 Å². The fourth-order valence-corrected chi connectivity index (χ4v) is 2.68. The molecule has 4 nitrogen and oxygen atoms in total. The van der Waals surface area contributed by atoms with Crippen molar-refractivity contribution in [2.45, 2.75) is 31.1 Å². The highest BCUT2D eigenvalue weighted by atomic mass is 35.5. The van der Waals surface area contributed by atoms with E-state index < -0.39 is 10.1 Å². The lowest BCUT2D eigenvalue weighted by Gasteiger charge is -2.19. The highest BCUT2D eigenvalue weighted by Gasteiger charge is 2.18. The van der Waals surface area contributed by atoms with Crippen LogP contribution in [0.25, 0.3) is 0 Å². The summed E-state index contributed by atoms with van der Waals surface area (Å²) < 4.78 is 29.3. The maximum atomic E-state index is 12.1. The molecule has 112 valence electrons. The van der Waals surface area contributed by atoms with Gasteiger partial charge in [0.15, 0.2) is 0 Å². The highest BCUT2D eigenvalue weighted by molar-refractivity contribution is 7.87. The number of rotatable bonds is 3. The van der Waals surface area contributed by atoms with Crippen LogP contribution in [0.4, 0.5) is 0 Å². The van der Waals surface area contributed by atoms with E-state index in [1.165, 1.54) is 18.3 Å². The first-order valence-electron chi connectivity index (χ1n) is 6.35. The quantitative estimate of drug-likeness (QED) is 0.636. The summed E-state index contributed by atoms with van der Waals surface area (Å²) in [6, 6.07) is 9.74. The largest absolute Gasteiger partial charge is 0.379 e. The number of nitrogens with zero attached hydrogens (tertiary/aromatic N) is 1. The van der Waals surface area contributed by atoms with Gasteiger partial charge in [-0.15, -0.1) is 0 Å². The van der Waals surface area contributed by atoms with Gasteiger partial charge in [0.25, 0.3) is 0 Å². The molecule has 0 saturated carbocycles. The minimum Gasteiger partial charge on any atom is -0.379 e. The Bertz CT molecular complexity index is 717. The molecule has 0 N–H and O–H groups in total. The first-order chi connectivity index (χ1) is 9.68. The summed E-state index contributed by atoms with van der Waals surface area (Å²) in [4.78, 5) is 3.70. The highest BCUT2D eigenvalue weighted by Crippen LogP contribution is 2.25. The van der Waals surface area contributed by atoms with E-state index in [0.29, 0.717) is 0 Å². The summed E-state index contributed by atoms with van der Waals surface area (Å²) >= 11 is 5.64. The van der Waals surface area contributed by atoms with E-state index >= 15 is 0 Å². The molecule has 21 heavy (non-hydrogen) atoms. The van der Waals surface area contributed by atoms with Gasteiger partial charge in [0.05, 0.1) is 6.20 Å². The topological polar surface area (TPSA) is 56.3 Å². The van der Waals surface area contributed by atoms with Crippen molar-refractivity contribution in [2.75, 3.05) is 0 Å². The van der Waals surface area contributed by atoms with Gasteiger partial charge in [0.2, 0.25) is 0 Å². The van der Waals surface area contributed by atoms with Crippen molar-refractivity contribution in [3.63, 3.8) is 0 Å². The van der Waals surface area contributed by atoms with Gasteiger partial charge in [-0.1, -0.05) is 44.5 Å². The Morgan fingerprint density at radius 1 is 1.05 bits per heavy atom. The first kappa shape index (κ1) is 15.8. The Labute approximate surface area is 129 Å². The van der Waals surface area contributed by atoms with E-state index in [-0.39, 0.29) is 21.2 Å². The van der Waals surface area contributed by atoms with Crippen LogP contribution in [-0.2, 0) is 15.5 Å². The number of benzene rings is 1. The molecule has 0 spiro atoms. The molecule has 6 heteroatoms. The zero-order valence-electron chi connectivity index (χ0n) is 12.0. The van der Waals surface area contributed by atoms with Crippen LogP contribution in [0.3, 0.4) is 0 Å². The summed E-state index contributed by atoms with van der Waals surface area (Å²) in [7, 11) is -3.90. The van der Waals surface area contributed by atoms with Gasteiger partial charge < -0.3 is 4.18 Å². The molecular weight excluding hydrogens is 310 g/mol. The van der Waals surface area contributed by atoms with Crippen molar-refractivity contribution < 1.29 is 12.6 Å². The lowest BCUT2D eigenvalue weighted by atomic mass is 9.87. The van der Waals surface area contributed by atoms with Crippen molar-refractivity contribution in [2.24, 2.45) is 0 Å². The molecule has 0 saturated heterocycles. The molecule has 1 aromatic carbocycles. The van der Waals surface area contributed by atoms with Crippen molar-refractivity contribution in [1.82, 2.24) is 4.98 Å². The molecule has 0 aliphatic heterocycles. The Hall–Kier alpha value is -1.59. The fourth-order valence-electron chi connectivity index (χ4n) is 1.70. The van der Waals surface area contributed by atoms with Crippen molar-refractivity contribution in [1.29, 1.82) is 0 Å². The van der Waals surface area contributed by atoms with Gasteiger partial charge in [-0.05, 0) is 35.2 Å². The Kier molecular flexibility index (Phi) is 4.25. The van der Waals surface area contributed by atoms with Crippen LogP contribution in [0.5, 0.6) is 5.75 Å². The maximum Gasteiger partial charge on any atom is 0.340 e. The second kappa shape index (κ2) is 5.66. The average molecular weight is 326 g/mol. The number of aromatic nitrogens is 1. The standard InChI is InChI=1S/C15H16ClNO3S/c1-15(2,3)11-4-6-12(7-5-11)20-21(18,19)13-8-9-14(16)17-10-13/h4-10H,1-3H3. The molecule has 0 aliphatic carbocycles. The van der Waals surface area contributed by atoms with Crippen molar-refractivity contribution >= 4 is 21.7 Å². The van der Waals surface area contributed by atoms with E-state index in [1.807, 2.05) is 12.1 Å². The molecule has 0 radical (unpaired) electrons. The Morgan fingerprint density at radius 2 is 1.67 bits per heavy atom. The van der Waals surface area contributed by atoms with Crippen LogP contribution in [-0.4, -0.2) is 13.4 Å². The Balaban J connectivity index is 2.23. The van der Waals surface area contributed by atoms with Crippen molar-refractivity contribution in [3.05, 3.63) is 53.3 Å². The minimum absolute atomic E-state index is 0.00248. The van der Waals surface area contributed by atoms with Crippen LogP contribution in [0.15, 0.2) is 47.5 Å². The van der Waals surface area contributed by atoms with Gasteiger partial charge in [-0.25, -0.2) is 4.98 Å². The monoisotopic (exact) mass is 325 g/mol. The molecule has 0 amide bonds. The first-order valence-corrected chi connectivity index (χ1v) is 8.14. The van der Waals surface area contributed by atoms with E-state index in [9.17, 15) is 8.42 Å². The van der Waals surface area contributed by atoms with Crippen LogP contribution >= 0.6 is 11.6 Å². The molecule has 0 unspecified atom stereocenters. The predicted octanol–water partition coefficient (Wildman–Crippen LogP) is 3.80. The van der Waals surface area contributed by atoms with Crippen LogP contribution < -0.4 is 4.18 Å². The SMILES string of the molecule is CC(C)(C)c1ccc(OS(=O)(=O)c2ccc(Cl)nc2)cc1. The van der Waals surface area contributed by atoms with Gasteiger partial charge in [0, 0.05) is 0 Å². The Morgan fingerprint density at radius 3 is 2.14 bits per heavy atom. The minimum atomic E-state index is -3.90. The average Bonchev–Trinajstić information content (AvgIpc) is 2.38. The fraction of sp³-hybridized carbons (Fsp3) is 0.267. The summed E-state index contributed by atoms with van der Waals surface area (Å²) in [6.07, 6.45) is 1.17. The zero-order chi connectivity index (χ0) is 15.7. The van der Waals surface area contributed by atoms with Gasteiger partial charge in [-0.2, -0.15) is 8.42 Å². The predicted molar refractivity (Wildman–Crippen MR) is 82.2 cm³/mol. The third kappa shape index (κ3) is 3.95. The summed E-state index contributed by atoms with van der Waals surface area (Å²) in [5.41, 5.74) is 1.10. The molecule has 2 rings (SSSR count). The molecule has 0 fully saturated rings. The van der Waals surface area contributed by atoms with Crippen molar-refractivity contribution in [3.8, 4) is 5.75 Å². The maximum absolute atomic E-state index is 12.1. The van der Waals surface area contributed by atoms with Crippen LogP contribution in [0.2, 0.25) is 5.15 Å². The number of hydrogen-bond donors (Lipinski definition) is 0.